The van der Waals surface area contributed by atoms with Gasteiger partial charge in [0.1, 0.15) is 11.9 Å². The molecular weight excluding hydrogens is 258 g/mol. The average molecular weight is 284 g/mol. The first-order valence-corrected chi connectivity index (χ1v) is 7.50. The van der Waals surface area contributed by atoms with E-state index < -0.39 is 0 Å². The molecular formula is C16H26ClNO. The second kappa shape index (κ2) is 7.76. The molecule has 0 radical (unpaired) electrons. The molecule has 1 aromatic carbocycles. The monoisotopic (exact) mass is 283 g/mol. The molecule has 0 aliphatic carbocycles. The molecule has 0 amide bonds. The molecule has 19 heavy (non-hydrogen) atoms. The molecule has 1 N–H and O–H groups in total. The number of aryl methyl sites for hydroxylation is 1. The van der Waals surface area contributed by atoms with Crippen LogP contribution in [0.15, 0.2) is 12.1 Å². The van der Waals surface area contributed by atoms with E-state index in [1.54, 1.807) is 0 Å². The van der Waals surface area contributed by atoms with Crippen LogP contribution in [0.2, 0.25) is 5.02 Å². The van der Waals surface area contributed by atoms with Crippen LogP contribution in [0.25, 0.3) is 0 Å². The second-order valence-electron chi connectivity index (χ2n) is 5.43. The number of hydrogen-bond acceptors (Lipinski definition) is 2. The normalized spacial score (nSPS) is 12.8. The Labute approximate surface area is 122 Å². The molecule has 1 atom stereocenters. The molecule has 2 nitrogen and oxygen atoms in total. The maximum atomic E-state index is 6.27. The Balaban J connectivity index is 2.74. The fraction of sp³-hybridized carbons (Fsp3) is 0.625. The van der Waals surface area contributed by atoms with Gasteiger partial charge in [0.25, 0.3) is 0 Å². The molecule has 1 rings (SSSR count). The van der Waals surface area contributed by atoms with Crippen LogP contribution in [0.1, 0.15) is 51.2 Å². The smallest absolute Gasteiger partial charge is 0.123 e. The largest absolute Gasteiger partial charge is 0.489 e. The summed E-state index contributed by atoms with van der Waals surface area (Å²) in [5, 5.41) is 4.20. The van der Waals surface area contributed by atoms with Crippen molar-refractivity contribution >= 4 is 11.6 Å². The number of hydrogen-bond donors (Lipinski definition) is 1. The van der Waals surface area contributed by atoms with Crippen LogP contribution in [0, 0.1) is 6.92 Å². The van der Waals surface area contributed by atoms with Crippen molar-refractivity contribution < 1.29 is 4.74 Å². The summed E-state index contributed by atoms with van der Waals surface area (Å²) in [6.07, 6.45) is 1.30. The van der Waals surface area contributed by atoms with E-state index in [0.29, 0.717) is 5.92 Å². The number of rotatable bonds is 7. The minimum atomic E-state index is 0.159. The van der Waals surface area contributed by atoms with Crippen LogP contribution in [-0.4, -0.2) is 19.2 Å². The van der Waals surface area contributed by atoms with E-state index in [1.165, 1.54) is 0 Å². The Morgan fingerprint density at radius 1 is 1.26 bits per heavy atom. The Morgan fingerprint density at radius 3 is 2.53 bits per heavy atom. The molecule has 0 fully saturated rings. The zero-order valence-corrected chi connectivity index (χ0v) is 13.5. The van der Waals surface area contributed by atoms with E-state index in [2.05, 4.69) is 39.1 Å². The second-order valence-corrected chi connectivity index (χ2v) is 5.83. The van der Waals surface area contributed by atoms with Crippen molar-refractivity contribution in [3.05, 3.63) is 28.3 Å². The lowest BCUT2D eigenvalue weighted by Crippen LogP contribution is -2.29. The van der Waals surface area contributed by atoms with Crippen molar-refractivity contribution in [2.75, 3.05) is 13.1 Å². The van der Waals surface area contributed by atoms with Gasteiger partial charge in [0.15, 0.2) is 0 Å². The van der Waals surface area contributed by atoms with Gasteiger partial charge in [-0.05, 0) is 56.0 Å². The molecule has 1 aromatic rings. The van der Waals surface area contributed by atoms with Crippen LogP contribution in [0.5, 0.6) is 5.75 Å². The summed E-state index contributed by atoms with van der Waals surface area (Å²) in [5.41, 5.74) is 2.24. The summed E-state index contributed by atoms with van der Waals surface area (Å²) < 4.78 is 6.02. The van der Waals surface area contributed by atoms with Crippen molar-refractivity contribution in [2.24, 2.45) is 0 Å². The number of halogens is 1. The van der Waals surface area contributed by atoms with E-state index in [0.717, 1.165) is 41.4 Å². The van der Waals surface area contributed by atoms with E-state index in [4.69, 9.17) is 16.3 Å². The van der Waals surface area contributed by atoms with Gasteiger partial charge in [0, 0.05) is 11.6 Å². The topological polar surface area (TPSA) is 21.3 Å². The molecule has 0 bridgehead atoms. The Hall–Kier alpha value is -0.730. The molecule has 108 valence electrons. The molecule has 3 heteroatoms. The molecule has 0 spiro atoms. The summed E-state index contributed by atoms with van der Waals surface area (Å²) in [5.74, 6) is 1.35. The molecule has 1 unspecified atom stereocenters. The van der Waals surface area contributed by atoms with Crippen molar-refractivity contribution in [3.63, 3.8) is 0 Å². The van der Waals surface area contributed by atoms with E-state index in [-0.39, 0.29) is 6.10 Å². The highest BCUT2D eigenvalue weighted by atomic mass is 35.5. The number of benzene rings is 1. The summed E-state index contributed by atoms with van der Waals surface area (Å²) in [6, 6.07) is 4.08. The standard InChI is InChI=1S/C16H26ClNO/c1-6-7-18-10-13(5)19-16-9-14(11(2)3)15(17)8-12(16)4/h8-9,11,13,18H,6-7,10H2,1-5H3. The fourth-order valence-electron chi connectivity index (χ4n) is 1.98. The quantitative estimate of drug-likeness (QED) is 0.742. The predicted molar refractivity (Wildman–Crippen MR) is 83.5 cm³/mol. The lowest BCUT2D eigenvalue weighted by atomic mass is 10.0. The van der Waals surface area contributed by atoms with Crippen molar-refractivity contribution in [1.82, 2.24) is 5.32 Å². The van der Waals surface area contributed by atoms with Gasteiger partial charge in [-0.25, -0.2) is 0 Å². The Kier molecular flexibility index (Phi) is 6.67. The molecule has 0 aliphatic heterocycles. The third-order valence-electron chi connectivity index (χ3n) is 3.10. The Morgan fingerprint density at radius 2 is 1.95 bits per heavy atom. The number of ether oxygens (including phenoxy) is 1. The summed E-state index contributed by atoms with van der Waals surface area (Å²) >= 11 is 6.27. The average Bonchev–Trinajstić information content (AvgIpc) is 2.32. The molecule has 0 saturated heterocycles. The lowest BCUT2D eigenvalue weighted by molar-refractivity contribution is 0.216. The van der Waals surface area contributed by atoms with Gasteiger partial charge >= 0.3 is 0 Å². The van der Waals surface area contributed by atoms with Crippen molar-refractivity contribution in [1.29, 1.82) is 0 Å². The highest BCUT2D eigenvalue weighted by molar-refractivity contribution is 6.31. The van der Waals surface area contributed by atoms with Crippen molar-refractivity contribution in [2.45, 2.75) is 53.1 Å². The van der Waals surface area contributed by atoms with E-state index >= 15 is 0 Å². The zero-order chi connectivity index (χ0) is 14.4. The first kappa shape index (κ1) is 16.3. The molecule has 0 aromatic heterocycles. The highest BCUT2D eigenvalue weighted by Gasteiger charge is 2.12. The molecule has 0 saturated carbocycles. The van der Waals surface area contributed by atoms with E-state index in [1.807, 2.05) is 13.0 Å². The molecule has 0 aliphatic rings. The summed E-state index contributed by atoms with van der Waals surface area (Å²) in [4.78, 5) is 0. The SMILES string of the molecule is CCCNCC(C)Oc1cc(C(C)C)c(Cl)cc1C. The van der Waals surface area contributed by atoms with Crippen molar-refractivity contribution in [3.8, 4) is 5.75 Å². The van der Waals surface area contributed by atoms with Crippen LogP contribution in [0.4, 0.5) is 0 Å². The summed E-state index contributed by atoms with van der Waals surface area (Å²) in [7, 11) is 0. The first-order chi connectivity index (χ1) is 8.95. The van der Waals surface area contributed by atoms with Gasteiger partial charge in [-0.2, -0.15) is 0 Å². The van der Waals surface area contributed by atoms with Crippen LogP contribution in [-0.2, 0) is 0 Å². The van der Waals surface area contributed by atoms with Gasteiger partial charge in [-0.1, -0.05) is 32.4 Å². The first-order valence-electron chi connectivity index (χ1n) is 7.13. The molecule has 0 heterocycles. The summed E-state index contributed by atoms with van der Waals surface area (Å²) in [6.45, 7) is 12.5. The van der Waals surface area contributed by atoms with Gasteiger partial charge in [0.2, 0.25) is 0 Å². The predicted octanol–water partition coefficient (Wildman–Crippen LogP) is 4.54. The third kappa shape index (κ3) is 5.04. The maximum Gasteiger partial charge on any atom is 0.123 e. The van der Waals surface area contributed by atoms with Crippen LogP contribution >= 0.6 is 11.6 Å². The van der Waals surface area contributed by atoms with Gasteiger partial charge in [-0.15, -0.1) is 0 Å². The van der Waals surface area contributed by atoms with Gasteiger partial charge in [-0.3, -0.25) is 0 Å². The van der Waals surface area contributed by atoms with Gasteiger partial charge < -0.3 is 10.1 Å². The Bertz CT molecular complexity index is 404. The fourth-order valence-corrected chi connectivity index (χ4v) is 2.41. The maximum absolute atomic E-state index is 6.27. The van der Waals surface area contributed by atoms with Crippen LogP contribution in [0.3, 0.4) is 0 Å². The zero-order valence-electron chi connectivity index (χ0n) is 12.7. The van der Waals surface area contributed by atoms with Crippen LogP contribution < -0.4 is 10.1 Å². The van der Waals surface area contributed by atoms with E-state index in [9.17, 15) is 0 Å². The minimum absolute atomic E-state index is 0.159. The lowest BCUT2D eigenvalue weighted by Gasteiger charge is -2.19. The highest BCUT2D eigenvalue weighted by Crippen LogP contribution is 2.31. The number of nitrogens with one attached hydrogen (secondary N) is 1. The minimum Gasteiger partial charge on any atom is -0.489 e. The third-order valence-corrected chi connectivity index (χ3v) is 3.43. The van der Waals surface area contributed by atoms with Gasteiger partial charge in [0.05, 0.1) is 0 Å².